The molecule has 2 aliphatic carbocycles. The van der Waals surface area contributed by atoms with Crippen LogP contribution in [0.3, 0.4) is 0 Å². The van der Waals surface area contributed by atoms with Gasteiger partial charge in [-0.15, -0.1) is 11.3 Å². The van der Waals surface area contributed by atoms with E-state index in [9.17, 15) is 0 Å². The van der Waals surface area contributed by atoms with Crippen molar-refractivity contribution < 1.29 is 0 Å². The molecule has 0 atom stereocenters. The van der Waals surface area contributed by atoms with Crippen molar-refractivity contribution in [3.05, 3.63) is 209 Å². The second-order valence-electron chi connectivity index (χ2n) is 16.1. The lowest BCUT2D eigenvalue weighted by atomic mass is 9.36. The van der Waals surface area contributed by atoms with Crippen molar-refractivity contribution in [2.45, 2.75) is 19.3 Å². The van der Waals surface area contributed by atoms with Crippen molar-refractivity contribution in [3.8, 4) is 22.3 Å². The van der Waals surface area contributed by atoms with Crippen LogP contribution in [0, 0.1) is 13.8 Å². The zero-order chi connectivity index (χ0) is 37.6. The maximum Gasteiger partial charge on any atom is 0.264 e. The van der Waals surface area contributed by atoms with Gasteiger partial charge in [0.2, 0.25) is 0 Å². The third-order valence-corrected chi connectivity index (χ3v) is 14.4. The molecule has 0 bridgehead atoms. The highest BCUT2D eigenvalue weighted by Gasteiger charge is 2.52. The first-order chi connectivity index (χ1) is 28.1. The number of rotatable bonds is 2. The number of nitrogens with zero attached hydrogens (tertiary/aromatic N) is 2. The predicted molar refractivity (Wildman–Crippen MR) is 242 cm³/mol. The molecule has 0 amide bonds. The summed E-state index contributed by atoms with van der Waals surface area (Å²) in [4.78, 5) is 5.06. The fourth-order valence-corrected chi connectivity index (χ4v) is 12.3. The summed E-state index contributed by atoms with van der Waals surface area (Å²) in [5.41, 5.74) is 23.2. The van der Waals surface area contributed by atoms with Crippen molar-refractivity contribution in [1.29, 1.82) is 0 Å². The zero-order valence-electron chi connectivity index (χ0n) is 31.6. The summed E-state index contributed by atoms with van der Waals surface area (Å²) in [5.74, 6) is 0. The quantitative estimate of drug-likeness (QED) is 0.163. The lowest BCUT2D eigenvalue weighted by Gasteiger charge is -2.43. The summed E-state index contributed by atoms with van der Waals surface area (Å²) in [6.07, 6.45) is 0. The fraction of sp³-hybridized carbons (Fsp3) is 0.0566. The van der Waals surface area contributed by atoms with E-state index in [0.717, 1.165) is 0 Å². The Kier molecular flexibility index (Phi) is 6.23. The van der Waals surface area contributed by atoms with Gasteiger partial charge in [-0.25, -0.2) is 0 Å². The first-order valence-corrected chi connectivity index (χ1v) is 20.8. The van der Waals surface area contributed by atoms with Crippen LogP contribution in [-0.2, 0) is 5.41 Å². The molecule has 3 heterocycles. The van der Waals surface area contributed by atoms with Gasteiger partial charge < -0.3 is 9.80 Å². The van der Waals surface area contributed by atoms with Crippen molar-refractivity contribution >= 4 is 78.0 Å². The minimum atomic E-state index is -0.408. The Bertz CT molecular complexity index is 3130. The monoisotopic (exact) mass is 742 g/mol. The smallest absolute Gasteiger partial charge is 0.264 e. The topological polar surface area (TPSA) is 6.48 Å². The summed E-state index contributed by atoms with van der Waals surface area (Å²) in [5, 5.41) is 1.32. The highest BCUT2D eigenvalue weighted by molar-refractivity contribution is 7.33. The van der Waals surface area contributed by atoms with E-state index in [0.29, 0.717) is 0 Å². The number of hydrogen-bond acceptors (Lipinski definition) is 3. The maximum atomic E-state index is 2.61. The summed E-state index contributed by atoms with van der Waals surface area (Å²) in [6, 6.07) is 66.6. The SMILES string of the molecule is Cc1ccc(N2c3cccc4c3B(c3ccccc3N4c3ccccc3)c3sc4cc5c(cc4c32)C2(c3ccccc3-c3ccccc32)c2cc(C)ccc2-5)cc1. The number of hydrogen-bond donors (Lipinski definition) is 0. The third-order valence-electron chi connectivity index (χ3n) is 13.2. The molecule has 266 valence electrons. The van der Waals surface area contributed by atoms with E-state index in [-0.39, 0.29) is 6.71 Å². The largest absolute Gasteiger partial charge is 0.311 e. The van der Waals surface area contributed by atoms with Gasteiger partial charge in [0.05, 0.1) is 11.1 Å². The van der Waals surface area contributed by atoms with E-state index in [2.05, 4.69) is 200 Å². The lowest BCUT2D eigenvalue weighted by Crippen LogP contribution is -2.60. The number of fused-ring (bicyclic) bond motifs is 16. The third kappa shape index (κ3) is 3.96. The van der Waals surface area contributed by atoms with Crippen LogP contribution in [0.4, 0.5) is 34.1 Å². The van der Waals surface area contributed by atoms with Gasteiger partial charge in [0.15, 0.2) is 0 Å². The van der Waals surface area contributed by atoms with Gasteiger partial charge >= 0.3 is 0 Å². The minimum absolute atomic E-state index is 0.0909. The molecule has 57 heavy (non-hydrogen) atoms. The van der Waals surface area contributed by atoms with Crippen LogP contribution in [0.1, 0.15) is 33.4 Å². The molecule has 2 nitrogen and oxygen atoms in total. The Morgan fingerprint density at radius 3 is 1.82 bits per heavy atom. The first-order valence-electron chi connectivity index (χ1n) is 20.0. The van der Waals surface area contributed by atoms with Crippen molar-refractivity contribution in [2.75, 3.05) is 9.80 Å². The maximum absolute atomic E-state index is 2.61. The predicted octanol–water partition coefficient (Wildman–Crippen LogP) is 11.9. The molecule has 8 aromatic carbocycles. The van der Waals surface area contributed by atoms with Gasteiger partial charge in [0.1, 0.15) is 0 Å². The average molecular weight is 743 g/mol. The van der Waals surface area contributed by atoms with Gasteiger partial charge in [0.25, 0.3) is 6.71 Å². The molecular formula is C53H35BN2S. The van der Waals surface area contributed by atoms with Crippen LogP contribution >= 0.6 is 11.3 Å². The lowest BCUT2D eigenvalue weighted by molar-refractivity contribution is 0.794. The summed E-state index contributed by atoms with van der Waals surface area (Å²) in [6.45, 7) is 4.51. The van der Waals surface area contributed by atoms with Gasteiger partial charge in [-0.05, 0) is 124 Å². The van der Waals surface area contributed by atoms with Crippen LogP contribution in [0.25, 0.3) is 32.3 Å². The van der Waals surface area contributed by atoms with Gasteiger partial charge in [0, 0.05) is 43.3 Å². The van der Waals surface area contributed by atoms with Crippen molar-refractivity contribution in [2.24, 2.45) is 0 Å². The van der Waals surface area contributed by atoms with E-state index < -0.39 is 5.41 Å². The molecular weight excluding hydrogens is 707 g/mol. The Morgan fingerprint density at radius 1 is 0.456 bits per heavy atom. The van der Waals surface area contributed by atoms with Crippen LogP contribution in [-0.4, -0.2) is 6.71 Å². The molecule has 9 aromatic rings. The molecule has 0 fully saturated rings. The second-order valence-corrected chi connectivity index (χ2v) is 17.2. The molecule has 4 heteroatoms. The van der Waals surface area contributed by atoms with Crippen LogP contribution < -0.4 is 25.5 Å². The van der Waals surface area contributed by atoms with E-state index in [1.165, 1.54) is 116 Å². The van der Waals surface area contributed by atoms with Gasteiger partial charge in [-0.1, -0.05) is 132 Å². The molecule has 0 saturated heterocycles. The Balaban J connectivity index is 1.15. The van der Waals surface area contributed by atoms with Gasteiger partial charge in [-0.3, -0.25) is 0 Å². The molecule has 1 aromatic heterocycles. The Hall–Kier alpha value is -6.62. The highest BCUT2D eigenvalue weighted by atomic mass is 32.1. The molecule has 0 saturated carbocycles. The molecule has 0 radical (unpaired) electrons. The zero-order valence-corrected chi connectivity index (χ0v) is 32.4. The number of aryl methyl sites for hydroxylation is 2. The van der Waals surface area contributed by atoms with E-state index in [4.69, 9.17) is 0 Å². The molecule has 2 aliphatic heterocycles. The molecule has 1 spiro atoms. The fourth-order valence-electron chi connectivity index (χ4n) is 10.9. The van der Waals surface area contributed by atoms with Crippen LogP contribution in [0.2, 0.25) is 0 Å². The number of thiophene rings is 1. The first kappa shape index (κ1) is 31.6. The Morgan fingerprint density at radius 2 is 1.05 bits per heavy atom. The molecule has 13 rings (SSSR count). The molecule has 0 unspecified atom stereocenters. The molecule has 0 N–H and O–H groups in total. The number of anilines is 6. The molecule has 4 aliphatic rings. The summed E-state index contributed by atoms with van der Waals surface area (Å²) in [7, 11) is 0. The summed E-state index contributed by atoms with van der Waals surface area (Å²) >= 11 is 1.99. The van der Waals surface area contributed by atoms with E-state index >= 15 is 0 Å². The number of para-hydroxylation sites is 2. The van der Waals surface area contributed by atoms with Crippen molar-refractivity contribution in [1.82, 2.24) is 0 Å². The standard InChI is InChI=1S/C53H35BN2S/c1-32-23-26-35(27-24-32)56-48-22-12-21-47-50(48)54(45-19-10-11-20-46(45)55(47)34-13-4-3-5-14-34)52-51(56)40-30-44-39(31-49(40)57-52)38-28-25-33(2)29-43(38)53(44)41-17-8-6-15-36(41)37-16-7-9-18-42(37)53/h3-31H,1-2H3. The van der Waals surface area contributed by atoms with Crippen LogP contribution in [0.15, 0.2) is 176 Å². The average Bonchev–Trinajstić information content (AvgIpc) is 3.87. The van der Waals surface area contributed by atoms with E-state index in [1.54, 1.807) is 0 Å². The van der Waals surface area contributed by atoms with Crippen molar-refractivity contribution in [3.63, 3.8) is 0 Å². The minimum Gasteiger partial charge on any atom is -0.311 e. The highest BCUT2D eigenvalue weighted by Crippen LogP contribution is 2.64. The van der Waals surface area contributed by atoms with Crippen LogP contribution in [0.5, 0.6) is 0 Å². The normalized spacial score (nSPS) is 14.5. The summed E-state index contributed by atoms with van der Waals surface area (Å²) < 4.78 is 2.73. The number of benzene rings is 8. The van der Waals surface area contributed by atoms with E-state index in [1.807, 2.05) is 11.3 Å². The second kappa shape index (κ2) is 11.2. The van der Waals surface area contributed by atoms with Gasteiger partial charge in [-0.2, -0.15) is 0 Å². The Labute approximate surface area is 337 Å².